The number of nitrogens with zero attached hydrogens (tertiary/aromatic N) is 1. The molecule has 0 saturated carbocycles. The first-order chi connectivity index (χ1) is 10.6. The number of oxime groups is 1. The molecule has 2 rings (SSSR count). The van der Waals surface area contributed by atoms with E-state index in [-0.39, 0.29) is 5.91 Å². The minimum atomic E-state index is -0.0922. The summed E-state index contributed by atoms with van der Waals surface area (Å²) in [5.74, 6) is 0.672. The van der Waals surface area contributed by atoms with Gasteiger partial charge in [-0.2, -0.15) is 0 Å². The van der Waals surface area contributed by atoms with Crippen molar-refractivity contribution >= 4 is 17.3 Å². The molecule has 0 aliphatic rings. The average Bonchev–Trinajstić information content (AvgIpc) is 2.55. The Morgan fingerprint density at radius 1 is 1.14 bits per heavy atom. The van der Waals surface area contributed by atoms with Gasteiger partial charge in [-0.1, -0.05) is 29.4 Å². The molecule has 2 aromatic rings. The van der Waals surface area contributed by atoms with Crippen molar-refractivity contribution < 1.29 is 14.7 Å². The standard InChI is InChI=1S/C17H18N2O3/c1-12(19-21)14-5-7-15(8-6-14)18-17(20)11-13-3-9-16(22-2)10-4-13/h3-10,21H,11H2,1-2H3,(H,18,20)/b19-12+. The van der Waals surface area contributed by atoms with Crippen LogP contribution >= 0.6 is 0 Å². The average molecular weight is 298 g/mol. The number of benzene rings is 2. The number of amides is 1. The van der Waals surface area contributed by atoms with Gasteiger partial charge in [-0.3, -0.25) is 4.79 Å². The van der Waals surface area contributed by atoms with Gasteiger partial charge in [-0.15, -0.1) is 0 Å². The number of methoxy groups -OCH3 is 1. The summed E-state index contributed by atoms with van der Waals surface area (Å²) < 4.78 is 5.08. The minimum Gasteiger partial charge on any atom is -0.497 e. The van der Waals surface area contributed by atoms with Gasteiger partial charge < -0.3 is 15.3 Å². The molecule has 0 fully saturated rings. The van der Waals surface area contributed by atoms with Crippen LogP contribution in [0, 0.1) is 0 Å². The highest BCUT2D eigenvalue weighted by Gasteiger charge is 2.05. The lowest BCUT2D eigenvalue weighted by atomic mass is 10.1. The maximum atomic E-state index is 12.0. The van der Waals surface area contributed by atoms with Crippen LogP contribution in [0.1, 0.15) is 18.1 Å². The Labute approximate surface area is 129 Å². The van der Waals surface area contributed by atoms with Crippen molar-refractivity contribution in [3.05, 3.63) is 59.7 Å². The lowest BCUT2D eigenvalue weighted by Crippen LogP contribution is -2.14. The van der Waals surface area contributed by atoms with E-state index in [0.717, 1.165) is 16.9 Å². The van der Waals surface area contributed by atoms with E-state index in [1.54, 1.807) is 38.3 Å². The first-order valence-electron chi connectivity index (χ1n) is 6.84. The first-order valence-corrected chi connectivity index (χ1v) is 6.84. The van der Waals surface area contributed by atoms with Gasteiger partial charge in [-0.05, 0) is 42.3 Å². The molecule has 0 aliphatic heterocycles. The van der Waals surface area contributed by atoms with E-state index in [4.69, 9.17) is 9.94 Å². The van der Waals surface area contributed by atoms with Gasteiger partial charge in [-0.25, -0.2) is 0 Å². The molecule has 0 radical (unpaired) electrons. The molecule has 2 aromatic carbocycles. The van der Waals surface area contributed by atoms with E-state index < -0.39 is 0 Å². The van der Waals surface area contributed by atoms with E-state index in [0.29, 0.717) is 17.8 Å². The summed E-state index contributed by atoms with van der Waals surface area (Å²) >= 11 is 0. The monoisotopic (exact) mass is 298 g/mol. The zero-order valence-electron chi connectivity index (χ0n) is 12.5. The fraction of sp³-hybridized carbons (Fsp3) is 0.176. The van der Waals surface area contributed by atoms with Gasteiger partial charge in [0.15, 0.2) is 0 Å². The van der Waals surface area contributed by atoms with Gasteiger partial charge in [0.2, 0.25) is 5.91 Å². The number of carbonyl (C=O) groups excluding carboxylic acids is 1. The van der Waals surface area contributed by atoms with Crippen molar-refractivity contribution in [1.29, 1.82) is 0 Å². The number of ether oxygens (including phenoxy) is 1. The molecule has 22 heavy (non-hydrogen) atoms. The largest absolute Gasteiger partial charge is 0.497 e. The van der Waals surface area contributed by atoms with Crippen molar-refractivity contribution in [2.24, 2.45) is 5.16 Å². The molecule has 0 aromatic heterocycles. The summed E-state index contributed by atoms with van der Waals surface area (Å²) in [5, 5.41) is 14.7. The fourth-order valence-corrected chi connectivity index (χ4v) is 1.99. The number of carbonyl (C=O) groups is 1. The second kappa shape index (κ2) is 7.26. The summed E-state index contributed by atoms with van der Waals surface area (Å²) in [7, 11) is 1.61. The summed E-state index contributed by atoms with van der Waals surface area (Å²) in [4.78, 5) is 12.0. The van der Waals surface area contributed by atoms with Crippen molar-refractivity contribution in [2.75, 3.05) is 12.4 Å². The highest BCUT2D eigenvalue weighted by atomic mass is 16.5. The number of nitrogens with one attached hydrogen (secondary N) is 1. The Hall–Kier alpha value is -2.82. The second-order valence-electron chi connectivity index (χ2n) is 4.84. The lowest BCUT2D eigenvalue weighted by molar-refractivity contribution is -0.115. The minimum absolute atomic E-state index is 0.0922. The van der Waals surface area contributed by atoms with E-state index >= 15 is 0 Å². The van der Waals surface area contributed by atoms with Gasteiger partial charge in [0.05, 0.1) is 19.2 Å². The molecule has 0 bridgehead atoms. The topological polar surface area (TPSA) is 70.9 Å². The number of hydrogen-bond acceptors (Lipinski definition) is 4. The van der Waals surface area contributed by atoms with Crippen LogP contribution in [0.5, 0.6) is 5.75 Å². The Morgan fingerprint density at radius 3 is 2.32 bits per heavy atom. The van der Waals surface area contributed by atoms with Crippen LogP contribution in [0.3, 0.4) is 0 Å². The molecule has 114 valence electrons. The van der Waals surface area contributed by atoms with Crippen LogP contribution in [-0.2, 0) is 11.2 Å². The molecule has 1 amide bonds. The molecule has 5 heteroatoms. The summed E-state index contributed by atoms with van der Waals surface area (Å²) in [5.41, 5.74) is 2.94. The molecular formula is C17H18N2O3. The maximum absolute atomic E-state index is 12.0. The van der Waals surface area contributed by atoms with Crippen molar-refractivity contribution in [2.45, 2.75) is 13.3 Å². The summed E-state index contributed by atoms with van der Waals surface area (Å²) in [6.07, 6.45) is 0.295. The smallest absolute Gasteiger partial charge is 0.228 e. The molecule has 0 atom stereocenters. The van der Waals surface area contributed by atoms with Crippen LogP contribution in [-0.4, -0.2) is 23.9 Å². The molecule has 0 unspecified atom stereocenters. The number of anilines is 1. The van der Waals surface area contributed by atoms with Crippen molar-refractivity contribution in [3.63, 3.8) is 0 Å². The third-order valence-corrected chi connectivity index (χ3v) is 3.26. The highest BCUT2D eigenvalue weighted by Crippen LogP contribution is 2.14. The van der Waals surface area contributed by atoms with Gasteiger partial charge in [0.1, 0.15) is 5.75 Å². The van der Waals surface area contributed by atoms with E-state index in [1.807, 2.05) is 24.3 Å². The van der Waals surface area contributed by atoms with Crippen LogP contribution in [0.4, 0.5) is 5.69 Å². The lowest BCUT2D eigenvalue weighted by Gasteiger charge is -2.07. The van der Waals surface area contributed by atoms with E-state index in [2.05, 4.69) is 10.5 Å². The third kappa shape index (κ3) is 4.09. The van der Waals surface area contributed by atoms with Crippen LogP contribution < -0.4 is 10.1 Å². The first kappa shape index (κ1) is 15.6. The van der Waals surface area contributed by atoms with Crippen LogP contribution in [0.25, 0.3) is 0 Å². The highest BCUT2D eigenvalue weighted by molar-refractivity contribution is 5.99. The van der Waals surface area contributed by atoms with Crippen molar-refractivity contribution in [1.82, 2.24) is 0 Å². The van der Waals surface area contributed by atoms with Crippen LogP contribution in [0.15, 0.2) is 53.7 Å². The normalized spacial score (nSPS) is 11.1. The van der Waals surface area contributed by atoms with Gasteiger partial charge in [0.25, 0.3) is 0 Å². The summed E-state index contributed by atoms with van der Waals surface area (Å²) in [6, 6.07) is 14.5. The van der Waals surface area contributed by atoms with E-state index in [9.17, 15) is 4.79 Å². The Morgan fingerprint density at radius 2 is 1.77 bits per heavy atom. The zero-order valence-corrected chi connectivity index (χ0v) is 12.5. The third-order valence-electron chi connectivity index (χ3n) is 3.26. The van der Waals surface area contributed by atoms with E-state index in [1.165, 1.54) is 0 Å². The second-order valence-corrected chi connectivity index (χ2v) is 4.84. The van der Waals surface area contributed by atoms with Crippen molar-refractivity contribution in [3.8, 4) is 5.75 Å². The quantitative estimate of drug-likeness (QED) is 0.506. The predicted octanol–water partition coefficient (Wildman–Crippen LogP) is 3.07. The molecule has 0 aliphatic carbocycles. The molecule has 5 nitrogen and oxygen atoms in total. The van der Waals surface area contributed by atoms with Gasteiger partial charge in [0, 0.05) is 5.69 Å². The molecule has 0 saturated heterocycles. The molecule has 2 N–H and O–H groups in total. The Balaban J connectivity index is 1.96. The Kier molecular flexibility index (Phi) is 5.14. The fourth-order valence-electron chi connectivity index (χ4n) is 1.99. The maximum Gasteiger partial charge on any atom is 0.228 e. The Bertz CT molecular complexity index is 661. The predicted molar refractivity (Wildman–Crippen MR) is 85.8 cm³/mol. The molecule has 0 spiro atoms. The SMILES string of the molecule is COc1ccc(CC(=O)Nc2ccc(/C(C)=N/O)cc2)cc1. The zero-order chi connectivity index (χ0) is 15.9. The molecular weight excluding hydrogens is 280 g/mol. The summed E-state index contributed by atoms with van der Waals surface area (Å²) in [6.45, 7) is 1.71. The number of hydrogen-bond donors (Lipinski definition) is 2. The van der Waals surface area contributed by atoms with Gasteiger partial charge >= 0.3 is 0 Å². The molecule has 0 heterocycles. The van der Waals surface area contributed by atoms with Crippen LogP contribution in [0.2, 0.25) is 0 Å². The number of rotatable bonds is 5.